The lowest BCUT2D eigenvalue weighted by Crippen LogP contribution is -2.73. The molecule has 0 bridgehead atoms. The average molecular weight is 450 g/mol. The van der Waals surface area contributed by atoms with Crippen LogP contribution in [0.5, 0.6) is 5.75 Å². The highest BCUT2D eigenvalue weighted by molar-refractivity contribution is 8.01. The largest absolute Gasteiger partial charge is 0.508 e. The van der Waals surface area contributed by atoms with E-state index in [1.54, 1.807) is 17.0 Å². The van der Waals surface area contributed by atoms with E-state index in [9.17, 15) is 19.5 Å². The zero-order valence-corrected chi connectivity index (χ0v) is 18.9. The summed E-state index contributed by atoms with van der Waals surface area (Å²) in [6, 6.07) is 4.39. The van der Waals surface area contributed by atoms with E-state index in [2.05, 4.69) is 5.32 Å². The van der Waals surface area contributed by atoms with E-state index in [0.717, 1.165) is 0 Å². The number of hydrogen-bond acceptors (Lipinski definition) is 8. The quantitative estimate of drug-likeness (QED) is 0.392. The highest BCUT2D eigenvalue weighted by Crippen LogP contribution is 2.54. The molecule has 3 aliphatic heterocycles. The molecule has 4 atom stereocenters. The van der Waals surface area contributed by atoms with Crippen molar-refractivity contribution < 1.29 is 29.0 Å². The van der Waals surface area contributed by atoms with Crippen molar-refractivity contribution >= 4 is 29.5 Å². The van der Waals surface area contributed by atoms with Crippen LogP contribution in [0.2, 0.25) is 0 Å². The summed E-state index contributed by atoms with van der Waals surface area (Å²) in [5.41, 5.74) is -0.0618. The number of β-lactam (4-membered cyclic amide) rings is 1. The lowest BCUT2D eigenvalue weighted by molar-refractivity contribution is -0.176. The summed E-state index contributed by atoms with van der Waals surface area (Å²) in [6.45, 7) is 7.33. The van der Waals surface area contributed by atoms with E-state index >= 15 is 0 Å². The molecule has 2 N–H and O–H groups in total. The minimum absolute atomic E-state index is 0.117. The molecule has 168 valence electrons. The van der Waals surface area contributed by atoms with Gasteiger partial charge in [-0.2, -0.15) is 0 Å². The first kappa shape index (κ1) is 21.9. The van der Waals surface area contributed by atoms with E-state index in [-0.39, 0.29) is 29.7 Å². The maximum Gasteiger partial charge on any atom is 0.332 e. The standard InChI is InChI=1S/C21H27N3O6S/c1-20(2)15(19(28)30-10-29-5)23-17(27)14(18(23)31-20)24-16(26)13(22-21(24,3)4)11-6-8-12(25)9-7-11/h6-9,13-15,18,22,25H,10H2,1-5H3/t13?,14-,15+,18-/m1/s1. The summed E-state index contributed by atoms with van der Waals surface area (Å²) in [7, 11) is 1.42. The molecule has 9 nitrogen and oxygen atoms in total. The molecule has 1 aromatic carbocycles. The SMILES string of the molecule is COCOC(=O)[C@@H]1N2C(=O)[C@@H](N3C(=O)C(c4ccc(O)cc4)NC3(C)C)[C@H]2SC1(C)C. The molecule has 10 heteroatoms. The van der Waals surface area contributed by atoms with Crippen molar-refractivity contribution in [3.8, 4) is 5.75 Å². The fourth-order valence-corrected chi connectivity index (χ4v) is 6.35. The minimum Gasteiger partial charge on any atom is -0.508 e. The third-order valence-corrected chi connectivity index (χ3v) is 7.60. The van der Waals surface area contributed by atoms with E-state index in [1.807, 2.05) is 27.7 Å². The van der Waals surface area contributed by atoms with Crippen molar-refractivity contribution in [1.82, 2.24) is 15.1 Å². The topological polar surface area (TPSA) is 108 Å². The summed E-state index contributed by atoms with van der Waals surface area (Å²) in [6.07, 6.45) is 0. The number of fused-ring (bicyclic) bond motifs is 1. The van der Waals surface area contributed by atoms with E-state index in [0.29, 0.717) is 5.56 Å². The van der Waals surface area contributed by atoms with Gasteiger partial charge in [-0.25, -0.2) is 4.79 Å². The zero-order chi connectivity index (χ0) is 22.7. The molecular formula is C21H27N3O6S. The fourth-order valence-electron chi connectivity index (χ4n) is 4.68. The third kappa shape index (κ3) is 3.37. The number of carbonyl (C=O) groups excluding carboxylic acids is 3. The average Bonchev–Trinajstić information content (AvgIpc) is 3.09. The predicted molar refractivity (Wildman–Crippen MR) is 113 cm³/mol. The number of rotatable bonds is 5. The molecule has 2 amide bonds. The van der Waals surface area contributed by atoms with Gasteiger partial charge in [0.2, 0.25) is 11.8 Å². The number of nitrogens with one attached hydrogen (secondary N) is 1. The van der Waals surface area contributed by atoms with Crippen molar-refractivity contribution in [3.63, 3.8) is 0 Å². The smallest absolute Gasteiger partial charge is 0.332 e. The number of amides is 2. The van der Waals surface area contributed by atoms with Gasteiger partial charge in [-0.15, -0.1) is 11.8 Å². The zero-order valence-electron chi connectivity index (χ0n) is 18.1. The number of aromatic hydroxyl groups is 1. The second kappa shape index (κ2) is 7.39. The van der Waals surface area contributed by atoms with Crippen LogP contribution >= 0.6 is 11.8 Å². The number of carbonyl (C=O) groups is 3. The molecule has 4 rings (SSSR count). The normalized spacial score (nSPS) is 30.9. The Bertz CT molecular complexity index is 918. The molecule has 0 radical (unpaired) electrons. The van der Waals surface area contributed by atoms with Crippen LogP contribution in [0.4, 0.5) is 0 Å². The molecule has 3 fully saturated rings. The van der Waals surface area contributed by atoms with Crippen molar-refractivity contribution in [2.75, 3.05) is 13.9 Å². The summed E-state index contributed by atoms with van der Waals surface area (Å²) >= 11 is 1.50. The molecule has 1 aromatic rings. The van der Waals surface area contributed by atoms with Crippen LogP contribution in [-0.4, -0.2) is 74.5 Å². The summed E-state index contributed by atoms with van der Waals surface area (Å²) in [5.74, 6) is -0.874. The van der Waals surface area contributed by atoms with Gasteiger partial charge in [-0.3, -0.25) is 14.9 Å². The van der Waals surface area contributed by atoms with Gasteiger partial charge in [0.15, 0.2) is 6.79 Å². The van der Waals surface area contributed by atoms with E-state index in [4.69, 9.17) is 9.47 Å². The van der Waals surface area contributed by atoms with Crippen LogP contribution in [0.25, 0.3) is 0 Å². The number of hydrogen-bond donors (Lipinski definition) is 2. The Morgan fingerprint density at radius 3 is 2.42 bits per heavy atom. The Morgan fingerprint density at radius 2 is 1.81 bits per heavy atom. The Labute approximate surface area is 185 Å². The lowest BCUT2D eigenvalue weighted by atomic mass is 9.94. The number of benzene rings is 1. The van der Waals surface area contributed by atoms with Crippen LogP contribution in [0.3, 0.4) is 0 Å². The van der Waals surface area contributed by atoms with E-state index < -0.39 is 34.5 Å². The third-order valence-electron chi connectivity index (χ3n) is 6.04. The molecule has 1 unspecified atom stereocenters. The van der Waals surface area contributed by atoms with Gasteiger partial charge in [0, 0.05) is 11.9 Å². The number of thioether (sulfide) groups is 1. The molecule has 3 aliphatic rings. The molecule has 3 saturated heterocycles. The number of ether oxygens (including phenoxy) is 2. The summed E-state index contributed by atoms with van der Waals surface area (Å²) in [4.78, 5) is 42.4. The van der Waals surface area contributed by atoms with Gasteiger partial charge in [0.25, 0.3) is 0 Å². The van der Waals surface area contributed by atoms with Gasteiger partial charge in [0.1, 0.15) is 29.2 Å². The maximum absolute atomic E-state index is 13.4. The van der Waals surface area contributed by atoms with E-state index in [1.165, 1.54) is 35.9 Å². The Kier molecular flexibility index (Phi) is 5.22. The minimum atomic E-state index is -0.772. The molecule has 0 spiro atoms. The fraction of sp³-hybridized carbons (Fsp3) is 0.571. The van der Waals surface area contributed by atoms with Crippen LogP contribution in [0, 0.1) is 0 Å². The molecular weight excluding hydrogens is 422 g/mol. The van der Waals surface area contributed by atoms with Crippen molar-refractivity contribution in [1.29, 1.82) is 0 Å². The second-order valence-corrected chi connectivity index (χ2v) is 10.8. The Morgan fingerprint density at radius 1 is 1.16 bits per heavy atom. The highest BCUT2D eigenvalue weighted by atomic mass is 32.2. The van der Waals surface area contributed by atoms with Crippen LogP contribution in [0.15, 0.2) is 24.3 Å². The van der Waals surface area contributed by atoms with Gasteiger partial charge < -0.3 is 24.4 Å². The van der Waals surface area contributed by atoms with Gasteiger partial charge >= 0.3 is 5.97 Å². The van der Waals surface area contributed by atoms with Crippen LogP contribution < -0.4 is 5.32 Å². The monoisotopic (exact) mass is 449 g/mol. The van der Waals surface area contributed by atoms with Gasteiger partial charge in [0.05, 0.1) is 5.66 Å². The number of nitrogens with zero attached hydrogens (tertiary/aromatic N) is 2. The number of phenolic OH excluding ortho intramolecular Hbond substituents is 1. The Hall–Kier alpha value is -2.30. The van der Waals surface area contributed by atoms with Gasteiger partial charge in [-0.05, 0) is 45.4 Å². The molecule has 0 saturated carbocycles. The first-order chi connectivity index (χ1) is 14.5. The lowest BCUT2D eigenvalue weighted by Gasteiger charge is -2.50. The molecule has 3 heterocycles. The van der Waals surface area contributed by atoms with Crippen molar-refractivity contribution in [2.24, 2.45) is 0 Å². The molecule has 31 heavy (non-hydrogen) atoms. The highest BCUT2D eigenvalue weighted by Gasteiger charge is 2.68. The Balaban J connectivity index is 1.59. The van der Waals surface area contributed by atoms with Crippen LogP contribution in [-0.2, 0) is 23.9 Å². The molecule has 0 aliphatic carbocycles. The number of phenols is 1. The first-order valence-corrected chi connectivity index (χ1v) is 10.9. The second-order valence-electron chi connectivity index (χ2n) is 9.01. The first-order valence-electron chi connectivity index (χ1n) is 10.0. The predicted octanol–water partition coefficient (Wildman–Crippen LogP) is 1.18. The van der Waals surface area contributed by atoms with Crippen molar-refractivity contribution in [2.45, 2.75) is 61.6 Å². The van der Waals surface area contributed by atoms with Gasteiger partial charge in [-0.1, -0.05) is 12.1 Å². The summed E-state index contributed by atoms with van der Waals surface area (Å²) < 4.78 is 9.39. The maximum atomic E-state index is 13.4. The molecule has 0 aromatic heterocycles. The number of methoxy groups -OCH3 is 1. The number of esters is 1. The summed E-state index contributed by atoms with van der Waals surface area (Å²) in [5, 5.41) is 12.5. The van der Waals surface area contributed by atoms with Crippen LogP contribution in [0.1, 0.15) is 39.3 Å². The van der Waals surface area contributed by atoms with Crippen molar-refractivity contribution in [3.05, 3.63) is 29.8 Å².